The molecule has 2 saturated carbocycles. The molecule has 0 heterocycles. The maximum Gasteiger partial charge on any atom is 0.0493 e. The van der Waals surface area contributed by atoms with Crippen molar-refractivity contribution in [2.24, 2.45) is 17.3 Å². The Hall–Kier alpha value is -0.300. The van der Waals surface area contributed by atoms with Crippen LogP contribution in [-0.2, 0) is 0 Å². The van der Waals surface area contributed by atoms with E-state index in [9.17, 15) is 5.11 Å². The number of fused-ring (bicyclic) bond motifs is 3. The smallest absolute Gasteiger partial charge is 0.0493 e. The van der Waals surface area contributed by atoms with E-state index in [1.807, 2.05) is 0 Å². The lowest BCUT2D eigenvalue weighted by Crippen LogP contribution is -2.25. The third-order valence-corrected chi connectivity index (χ3v) is 4.64. The summed E-state index contributed by atoms with van der Waals surface area (Å²) in [4.78, 5) is 0. The van der Waals surface area contributed by atoms with E-state index in [4.69, 9.17) is 0 Å². The largest absolute Gasteiger partial charge is 0.396 e. The number of aliphatic hydroxyl groups is 1. The van der Waals surface area contributed by atoms with E-state index in [2.05, 4.69) is 6.08 Å². The lowest BCUT2D eigenvalue weighted by atomic mass is 9.80. The van der Waals surface area contributed by atoms with Gasteiger partial charge in [0.2, 0.25) is 0 Å². The molecule has 0 radical (unpaired) electrons. The predicted octanol–water partition coefficient (Wildman–Crippen LogP) is 2.51. The van der Waals surface area contributed by atoms with E-state index in [1.165, 1.54) is 38.5 Å². The topological polar surface area (TPSA) is 20.2 Å². The zero-order chi connectivity index (χ0) is 8.89. The SMILES string of the molecule is OC[C@]12CCC[C@H]1C1=CCCC1C2. The van der Waals surface area contributed by atoms with Crippen molar-refractivity contribution in [1.82, 2.24) is 0 Å². The summed E-state index contributed by atoms with van der Waals surface area (Å²) in [5, 5.41) is 9.55. The van der Waals surface area contributed by atoms with Crippen LogP contribution in [0.25, 0.3) is 0 Å². The van der Waals surface area contributed by atoms with E-state index >= 15 is 0 Å². The van der Waals surface area contributed by atoms with Gasteiger partial charge in [0.25, 0.3) is 0 Å². The van der Waals surface area contributed by atoms with Crippen LogP contribution in [0.15, 0.2) is 11.6 Å². The van der Waals surface area contributed by atoms with Gasteiger partial charge in [-0.2, -0.15) is 0 Å². The molecule has 13 heavy (non-hydrogen) atoms. The molecular formula is C12H18O. The van der Waals surface area contributed by atoms with Crippen LogP contribution in [0.3, 0.4) is 0 Å². The quantitative estimate of drug-likeness (QED) is 0.612. The number of rotatable bonds is 1. The maximum absolute atomic E-state index is 9.55. The first-order valence-electron chi connectivity index (χ1n) is 5.66. The minimum Gasteiger partial charge on any atom is -0.396 e. The molecular weight excluding hydrogens is 160 g/mol. The fraction of sp³-hybridized carbons (Fsp3) is 0.833. The molecule has 3 atom stereocenters. The standard InChI is InChI=1S/C12H18O/c13-8-12-6-2-5-11(12)10-4-1-3-9(10)7-12/h4,9,11,13H,1-3,5-8H2/t9?,11-,12+/m0/s1. The lowest BCUT2D eigenvalue weighted by molar-refractivity contribution is 0.106. The molecule has 0 aromatic rings. The van der Waals surface area contributed by atoms with Crippen molar-refractivity contribution < 1.29 is 5.11 Å². The van der Waals surface area contributed by atoms with Crippen LogP contribution in [0.5, 0.6) is 0 Å². The molecule has 0 spiro atoms. The molecule has 0 saturated heterocycles. The van der Waals surface area contributed by atoms with Gasteiger partial charge in [0.1, 0.15) is 0 Å². The van der Waals surface area contributed by atoms with E-state index in [1.54, 1.807) is 5.57 Å². The summed E-state index contributed by atoms with van der Waals surface area (Å²) in [7, 11) is 0. The molecule has 1 heteroatoms. The Kier molecular flexibility index (Phi) is 1.61. The van der Waals surface area contributed by atoms with Crippen LogP contribution in [0.4, 0.5) is 0 Å². The molecule has 1 nitrogen and oxygen atoms in total. The Balaban J connectivity index is 1.97. The minimum atomic E-state index is 0.330. The van der Waals surface area contributed by atoms with Gasteiger partial charge in [0.15, 0.2) is 0 Å². The molecule has 0 aromatic carbocycles. The summed E-state index contributed by atoms with van der Waals surface area (Å²) < 4.78 is 0. The van der Waals surface area contributed by atoms with Gasteiger partial charge < -0.3 is 5.11 Å². The van der Waals surface area contributed by atoms with E-state index in [0.29, 0.717) is 12.0 Å². The number of hydrogen-bond donors (Lipinski definition) is 1. The van der Waals surface area contributed by atoms with Gasteiger partial charge in [0.05, 0.1) is 0 Å². The Morgan fingerprint density at radius 3 is 3.23 bits per heavy atom. The van der Waals surface area contributed by atoms with Crippen molar-refractivity contribution in [2.75, 3.05) is 6.61 Å². The first-order chi connectivity index (χ1) is 6.36. The molecule has 0 amide bonds. The molecule has 3 rings (SSSR count). The summed E-state index contributed by atoms with van der Waals surface area (Å²) in [5.74, 6) is 1.63. The van der Waals surface area contributed by atoms with Gasteiger partial charge in [-0.1, -0.05) is 18.1 Å². The maximum atomic E-state index is 9.55. The second-order valence-corrected chi connectivity index (χ2v) is 5.15. The van der Waals surface area contributed by atoms with Crippen LogP contribution in [0, 0.1) is 17.3 Å². The number of allylic oxidation sites excluding steroid dienone is 2. The molecule has 3 aliphatic rings. The second kappa shape index (κ2) is 2.60. The monoisotopic (exact) mass is 178 g/mol. The average molecular weight is 178 g/mol. The fourth-order valence-electron chi connectivity index (χ4n) is 4.08. The summed E-state index contributed by atoms with van der Waals surface area (Å²) in [6, 6.07) is 0. The first kappa shape index (κ1) is 8.05. The Morgan fingerprint density at radius 2 is 2.38 bits per heavy atom. The van der Waals surface area contributed by atoms with Gasteiger partial charge in [-0.15, -0.1) is 0 Å². The highest BCUT2D eigenvalue weighted by molar-refractivity contribution is 5.27. The normalized spacial score (nSPS) is 47.6. The number of hydrogen-bond acceptors (Lipinski definition) is 1. The van der Waals surface area contributed by atoms with Crippen LogP contribution < -0.4 is 0 Å². The molecule has 1 N–H and O–H groups in total. The molecule has 0 aromatic heterocycles. The van der Waals surface area contributed by atoms with Crippen LogP contribution in [0.2, 0.25) is 0 Å². The zero-order valence-corrected chi connectivity index (χ0v) is 8.13. The molecule has 0 aliphatic heterocycles. The van der Waals surface area contributed by atoms with E-state index in [-0.39, 0.29) is 0 Å². The van der Waals surface area contributed by atoms with Gasteiger partial charge >= 0.3 is 0 Å². The van der Waals surface area contributed by atoms with Crippen molar-refractivity contribution in [2.45, 2.75) is 38.5 Å². The highest BCUT2D eigenvalue weighted by Crippen LogP contribution is 2.61. The Bertz CT molecular complexity index is 256. The molecule has 1 unspecified atom stereocenters. The summed E-state index contributed by atoms with van der Waals surface area (Å²) >= 11 is 0. The summed E-state index contributed by atoms with van der Waals surface area (Å²) in [6.45, 7) is 0.436. The zero-order valence-electron chi connectivity index (χ0n) is 8.13. The van der Waals surface area contributed by atoms with Crippen LogP contribution >= 0.6 is 0 Å². The highest BCUT2D eigenvalue weighted by Gasteiger charge is 2.52. The van der Waals surface area contributed by atoms with E-state index in [0.717, 1.165) is 11.8 Å². The molecule has 72 valence electrons. The van der Waals surface area contributed by atoms with Crippen LogP contribution in [0.1, 0.15) is 38.5 Å². The van der Waals surface area contributed by atoms with Crippen molar-refractivity contribution >= 4 is 0 Å². The number of aliphatic hydroxyl groups excluding tert-OH is 1. The molecule has 2 fully saturated rings. The van der Waals surface area contributed by atoms with Crippen molar-refractivity contribution in [1.29, 1.82) is 0 Å². The van der Waals surface area contributed by atoms with E-state index < -0.39 is 0 Å². The minimum absolute atomic E-state index is 0.330. The van der Waals surface area contributed by atoms with Gasteiger partial charge in [-0.05, 0) is 43.9 Å². The predicted molar refractivity (Wildman–Crippen MR) is 52.3 cm³/mol. The third-order valence-electron chi connectivity index (χ3n) is 4.64. The Labute approximate surface area is 79.8 Å². The van der Waals surface area contributed by atoms with Crippen molar-refractivity contribution in [3.8, 4) is 0 Å². The Morgan fingerprint density at radius 1 is 1.46 bits per heavy atom. The highest BCUT2D eigenvalue weighted by atomic mass is 16.3. The summed E-state index contributed by atoms with van der Waals surface area (Å²) in [5.41, 5.74) is 2.06. The second-order valence-electron chi connectivity index (χ2n) is 5.15. The molecule has 3 aliphatic carbocycles. The van der Waals surface area contributed by atoms with Gasteiger partial charge in [-0.25, -0.2) is 0 Å². The van der Waals surface area contributed by atoms with Gasteiger partial charge in [0, 0.05) is 12.0 Å². The van der Waals surface area contributed by atoms with Gasteiger partial charge in [-0.3, -0.25) is 0 Å². The lowest BCUT2D eigenvalue weighted by Gasteiger charge is -2.27. The van der Waals surface area contributed by atoms with Crippen molar-refractivity contribution in [3.63, 3.8) is 0 Å². The third kappa shape index (κ3) is 0.914. The first-order valence-corrected chi connectivity index (χ1v) is 5.66. The molecule has 0 bridgehead atoms. The van der Waals surface area contributed by atoms with Crippen molar-refractivity contribution in [3.05, 3.63) is 11.6 Å². The van der Waals surface area contributed by atoms with Crippen LogP contribution in [-0.4, -0.2) is 11.7 Å². The summed E-state index contributed by atoms with van der Waals surface area (Å²) in [6.07, 6.45) is 10.4. The fourth-order valence-corrected chi connectivity index (χ4v) is 4.08. The average Bonchev–Trinajstić information content (AvgIpc) is 2.72.